The van der Waals surface area contributed by atoms with Gasteiger partial charge in [-0.2, -0.15) is 19.9 Å². The number of hydrogen-bond donors (Lipinski definition) is 1. The molecule has 2 aromatic heterocycles. The molecular formula is C17H13N5. The molecule has 2 heterocycles. The molecule has 0 saturated carbocycles. The summed E-state index contributed by atoms with van der Waals surface area (Å²) in [5, 5.41) is 11.5. The summed E-state index contributed by atoms with van der Waals surface area (Å²) < 4.78 is 1.78. The van der Waals surface area contributed by atoms with Gasteiger partial charge in [-0.05, 0) is 6.07 Å². The first kappa shape index (κ1) is 12.5. The molecule has 4 rings (SSSR count). The lowest BCUT2D eigenvalue weighted by Crippen LogP contribution is -2.01. The highest BCUT2D eigenvalue weighted by molar-refractivity contribution is 5.69. The van der Waals surface area contributed by atoms with Gasteiger partial charge in [-0.1, -0.05) is 60.7 Å². The Morgan fingerprint density at radius 2 is 1.50 bits per heavy atom. The fourth-order valence-corrected chi connectivity index (χ4v) is 2.41. The van der Waals surface area contributed by atoms with Crippen LogP contribution in [-0.4, -0.2) is 25.0 Å². The third-order valence-corrected chi connectivity index (χ3v) is 3.45. The fraction of sp³-hybridized carbons (Fsp3) is 0. The average molecular weight is 287 g/mol. The molecule has 22 heavy (non-hydrogen) atoms. The largest absolute Gasteiger partial charge is 0.246 e. The number of benzene rings is 2. The van der Waals surface area contributed by atoms with E-state index in [1.54, 1.807) is 4.68 Å². The van der Waals surface area contributed by atoms with Crippen molar-refractivity contribution in [1.82, 2.24) is 25.0 Å². The number of aromatic amines is 1. The fourth-order valence-electron chi connectivity index (χ4n) is 2.41. The zero-order valence-electron chi connectivity index (χ0n) is 11.7. The van der Waals surface area contributed by atoms with Crippen LogP contribution < -0.4 is 0 Å². The summed E-state index contributed by atoms with van der Waals surface area (Å²) in [5.74, 6) is 0.598. The monoisotopic (exact) mass is 287 g/mol. The van der Waals surface area contributed by atoms with E-state index in [2.05, 4.69) is 38.5 Å². The Labute approximate surface area is 127 Å². The van der Waals surface area contributed by atoms with Crippen molar-refractivity contribution in [2.45, 2.75) is 0 Å². The second-order valence-electron chi connectivity index (χ2n) is 4.87. The minimum absolute atomic E-state index is 0.598. The first-order valence-electron chi connectivity index (χ1n) is 6.98. The maximum atomic E-state index is 4.68. The highest BCUT2D eigenvalue weighted by atomic mass is 15.4. The summed E-state index contributed by atoms with van der Waals surface area (Å²) in [6.45, 7) is 0. The van der Waals surface area contributed by atoms with Gasteiger partial charge in [0.05, 0.1) is 11.4 Å². The molecule has 2 aromatic carbocycles. The van der Waals surface area contributed by atoms with Gasteiger partial charge in [-0.25, -0.2) is 5.10 Å². The summed E-state index contributed by atoms with van der Waals surface area (Å²) in [5.41, 5.74) is 4.01. The second-order valence-corrected chi connectivity index (χ2v) is 4.87. The molecule has 0 unspecified atom stereocenters. The van der Waals surface area contributed by atoms with Crippen LogP contribution in [0.3, 0.4) is 0 Å². The number of H-pyrrole nitrogens is 1. The Hall–Kier alpha value is -3.21. The lowest BCUT2D eigenvalue weighted by atomic mass is 10.1. The Morgan fingerprint density at radius 1 is 0.818 bits per heavy atom. The van der Waals surface area contributed by atoms with Crippen molar-refractivity contribution < 1.29 is 0 Å². The average Bonchev–Trinajstić information content (AvgIpc) is 3.26. The van der Waals surface area contributed by atoms with Crippen molar-refractivity contribution in [2.75, 3.05) is 0 Å². The normalized spacial score (nSPS) is 10.7. The van der Waals surface area contributed by atoms with Crippen LogP contribution in [0, 0.1) is 0 Å². The molecule has 0 fully saturated rings. The van der Waals surface area contributed by atoms with Crippen molar-refractivity contribution >= 4 is 0 Å². The van der Waals surface area contributed by atoms with E-state index >= 15 is 0 Å². The SMILES string of the molecule is c1ccc(-c2cc(-c3ccccc3)n(-c3ncn[nH]3)n2)cc1. The lowest BCUT2D eigenvalue weighted by molar-refractivity contribution is 0.823. The summed E-state index contributed by atoms with van der Waals surface area (Å²) in [6, 6.07) is 22.3. The van der Waals surface area contributed by atoms with Crippen LogP contribution in [0.5, 0.6) is 0 Å². The molecule has 5 heteroatoms. The van der Waals surface area contributed by atoms with Gasteiger partial charge in [-0.15, -0.1) is 0 Å². The summed E-state index contributed by atoms with van der Waals surface area (Å²) in [6.07, 6.45) is 1.48. The Bertz CT molecular complexity index is 864. The molecule has 0 aliphatic rings. The first-order valence-corrected chi connectivity index (χ1v) is 6.98. The number of nitrogens with one attached hydrogen (secondary N) is 1. The van der Waals surface area contributed by atoms with E-state index in [0.717, 1.165) is 22.5 Å². The number of nitrogens with zero attached hydrogens (tertiary/aromatic N) is 4. The van der Waals surface area contributed by atoms with E-state index in [0.29, 0.717) is 5.95 Å². The third kappa shape index (κ3) is 2.18. The Morgan fingerprint density at radius 3 is 2.14 bits per heavy atom. The minimum Gasteiger partial charge on any atom is -0.244 e. The molecule has 4 aromatic rings. The summed E-state index contributed by atoms with van der Waals surface area (Å²) >= 11 is 0. The van der Waals surface area contributed by atoms with Gasteiger partial charge in [0.15, 0.2) is 0 Å². The van der Waals surface area contributed by atoms with Crippen LogP contribution in [-0.2, 0) is 0 Å². The van der Waals surface area contributed by atoms with E-state index in [1.807, 2.05) is 48.5 Å². The van der Waals surface area contributed by atoms with Crippen molar-refractivity contribution in [3.8, 4) is 28.5 Å². The zero-order chi connectivity index (χ0) is 14.8. The van der Waals surface area contributed by atoms with Crippen LogP contribution in [0.25, 0.3) is 28.5 Å². The van der Waals surface area contributed by atoms with Crippen molar-refractivity contribution in [3.63, 3.8) is 0 Å². The molecule has 1 N–H and O–H groups in total. The van der Waals surface area contributed by atoms with E-state index in [-0.39, 0.29) is 0 Å². The van der Waals surface area contributed by atoms with Gasteiger partial charge in [0.1, 0.15) is 6.33 Å². The van der Waals surface area contributed by atoms with Crippen LogP contribution in [0.15, 0.2) is 73.1 Å². The van der Waals surface area contributed by atoms with Gasteiger partial charge in [-0.3, -0.25) is 0 Å². The maximum Gasteiger partial charge on any atom is 0.246 e. The van der Waals surface area contributed by atoms with Crippen LogP contribution in [0.1, 0.15) is 0 Å². The van der Waals surface area contributed by atoms with Crippen molar-refractivity contribution in [1.29, 1.82) is 0 Å². The number of aromatic nitrogens is 5. The van der Waals surface area contributed by atoms with E-state index in [9.17, 15) is 0 Å². The van der Waals surface area contributed by atoms with Crippen molar-refractivity contribution in [2.24, 2.45) is 0 Å². The number of hydrogen-bond acceptors (Lipinski definition) is 3. The second kappa shape index (κ2) is 5.29. The van der Waals surface area contributed by atoms with Gasteiger partial charge in [0, 0.05) is 11.1 Å². The van der Waals surface area contributed by atoms with Gasteiger partial charge >= 0.3 is 0 Å². The van der Waals surface area contributed by atoms with Gasteiger partial charge in [0.25, 0.3) is 0 Å². The molecule has 0 aliphatic heterocycles. The van der Waals surface area contributed by atoms with Gasteiger partial charge < -0.3 is 0 Å². The molecule has 0 saturated heterocycles. The molecule has 106 valence electrons. The summed E-state index contributed by atoms with van der Waals surface area (Å²) in [7, 11) is 0. The minimum atomic E-state index is 0.598. The summed E-state index contributed by atoms with van der Waals surface area (Å²) in [4.78, 5) is 4.21. The van der Waals surface area contributed by atoms with Crippen LogP contribution in [0.4, 0.5) is 0 Å². The van der Waals surface area contributed by atoms with Crippen LogP contribution in [0.2, 0.25) is 0 Å². The molecule has 0 bridgehead atoms. The predicted octanol–water partition coefficient (Wildman–Crippen LogP) is 3.32. The predicted molar refractivity (Wildman–Crippen MR) is 84.4 cm³/mol. The topological polar surface area (TPSA) is 59.4 Å². The highest BCUT2D eigenvalue weighted by Gasteiger charge is 2.14. The van der Waals surface area contributed by atoms with E-state index in [1.165, 1.54) is 6.33 Å². The molecule has 0 atom stereocenters. The van der Waals surface area contributed by atoms with E-state index < -0.39 is 0 Å². The molecule has 0 amide bonds. The molecule has 0 radical (unpaired) electrons. The smallest absolute Gasteiger partial charge is 0.244 e. The van der Waals surface area contributed by atoms with Crippen molar-refractivity contribution in [3.05, 3.63) is 73.1 Å². The van der Waals surface area contributed by atoms with E-state index in [4.69, 9.17) is 0 Å². The van der Waals surface area contributed by atoms with Crippen LogP contribution >= 0.6 is 0 Å². The number of rotatable bonds is 3. The molecule has 0 spiro atoms. The molecule has 0 aliphatic carbocycles. The lowest BCUT2D eigenvalue weighted by Gasteiger charge is -2.03. The Balaban J connectivity index is 1.91. The third-order valence-electron chi connectivity index (χ3n) is 3.45. The molecule has 5 nitrogen and oxygen atoms in total. The Kier molecular flexibility index (Phi) is 3.01. The highest BCUT2D eigenvalue weighted by Crippen LogP contribution is 2.27. The standard InChI is InChI=1S/C17H13N5/c1-3-7-13(8-4-1)15-11-16(14-9-5-2-6-10-14)22(21-15)17-18-12-19-20-17/h1-12H,(H,18,19,20). The first-order chi connectivity index (χ1) is 10.9. The maximum absolute atomic E-state index is 4.68. The quantitative estimate of drug-likeness (QED) is 0.629. The molecular weight excluding hydrogens is 274 g/mol. The van der Waals surface area contributed by atoms with Gasteiger partial charge in [0.2, 0.25) is 5.95 Å². The zero-order valence-corrected chi connectivity index (χ0v) is 11.7.